The molecule has 0 aliphatic rings. The number of aryl methyl sites for hydroxylation is 3. The number of aromatic amines is 1. The van der Waals surface area contributed by atoms with E-state index in [4.69, 9.17) is 23.2 Å². The summed E-state index contributed by atoms with van der Waals surface area (Å²) >= 11 is 12.5. The van der Waals surface area contributed by atoms with Gasteiger partial charge < -0.3 is 10.2 Å². The van der Waals surface area contributed by atoms with Crippen LogP contribution in [0.4, 0.5) is 0 Å². The van der Waals surface area contributed by atoms with Crippen molar-refractivity contribution in [1.82, 2.24) is 69.9 Å². The maximum Gasteiger partial charge on any atom is 0.296 e. The summed E-state index contributed by atoms with van der Waals surface area (Å²) in [6.07, 6.45) is 9.10. The second-order valence-corrected chi connectivity index (χ2v) is 10.5. The highest BCUT2D eigenvalue weighted by Gasteiger charge is 2.22. The van der Waals surface area contributed by atoms with Crippen LogP contribution in [0, 0.1) is 0 Å². The lowest BCUT2D eigenvalue weighted by molar-refractivity contribution is 0.397. The van der Waals surface area contributed by atoms with Gasteiger partial charge in [-0.3, -0.25) is 9.13 Å². The average Bonchev–Trinajstić information content (AvgIpc) is 3.78. The minimum absolute atomic E-state index is 0.0778. The van der Waals surface area contributed by atoms with Crippen LogP contribution in [0.1, 0.15) is 52.4 Å². The van der Waals surface area contributed by atoms with E-state index in [1.165, 1.54) is 17.2 Å². The zero-order valence-corrected chi connectivity index (χ0v) is 25.3. The van der Waals surface area contributed by atoms with E-state index >= 15 is 0 Å². The SMILES string of the molecule is CCCCCn1c(O)nc2ncc(Cl)c(-c3nn[nH]n3)c21.CCCCCn1c(O)nc2ncc(Cl)c(-c3nnn(C)n3)c21. The van der Waals surface area contributed by atoms with E-state index in [1.54, 1.807) is 16.2 Å². The molecule has 6 aromatic heterocycles. The van der Waals surface area contributed by atoms with Crippen LogP contribution < -0.4 is 0 Å². The number of hydrogen-bond acceptors (Lipinski definition) is 12. The van der Waals surface area contributed by atoms with Crippen LogP contribution in [-0.2, 0) is 20.1 Å². The number of rotatable bonds is 10. The van der Waals surface area contributed by atoms with Gasteiger partial charge in [-0.15, -0.1) is 20.4 Å². The smallest absolute Gasteiger partial charge is 0.296 e. The summed E-state index contributed by atoms with van der Waals surface area (Å²) in [5, 5.41) is 46.9. The van der Waals surface area contributed by atoms with Gasteiger partial charge in [-0.2, -0.15) is 20.0 Å². The van der Waals surface area contributed by atoms with Crippen LogP contribution in [0.25, 0.3) is 45.1 Å². The minimum atomic E-state index is -0.0828. The number of hydrogen-bond donors (Lipinski definition) is 3. The number of nitrogens with one attached hydrogen (secondary N) is 1. The lowest BCUT2D eigenvalue weighted by Crippen LogP contribution is -2.00. The topological polar surface area (TPSA) is 200 Å². The van der Waals surface area contributed by atoms with Crippen molar-refractivity contribution in [2.24, 2.45) is 7.05 Å². The number of aromatic hydroxyl groups is 2. The maximum absolute atomic E-state index is 10.1. The van der Waals surface area contributed by atoms with Gasteiger partial charge in [0.25, 0.3) is 12.0 Å². The lowest BCUT2D eigenvalue weighted by atomic mass is 10.2. The highest BCUT2D eigenvalue weighted by Crippen LogP contribution is 2.35. The Balaban J connectivity index is 0.000000171. The Morgan fingerprint density at radius 3 is 1.74 bits per heavy atom. The van der Waals surface area contributed by atoms with E-state index in [9.17, 15) is 10.2 Å². The molecule has 226 valence electrons. The first-order chi connectivity index (χ1) is 20.8. The zero-order chi connectivity index (χ0) is 30.5. The molecule has 43 heavy (non-hydrogen) atoms. The van der Waals surface area contributed by atoms with E-state index in [2.05, 4.69) is 69.8 Å². The van der Waals surface area contributed by atoms with E-state index in [1.807, 2.05) is 0 Å². The first-order valence-electron chi connectivity index (χ1n) is 13.8. The highest BCUT2D eigenvalue weighted by molar-refractivity contribution is 6.34. The van der Waals surface area contributed by atoms with Crippen LogP contribution in [0.2, 0.25) is 10.0 Å². The molecule has 0 aliphatic heterocycles. The Morgan fingerprint density at radius 1 is 0.767 bits per heavy atom. The van der Waals surface area contributed by atoms with Crippen LogP contribution >= 0.6 is 23.2 Å². The van der Waals surface area contributed by atoms with Crippen molar-refractivity contribution in [1.29, 1.82) is 0 Å². The average molecular weight is 630 g/mol. The third-order valence-corrected chi connectivity index (χ3v) is 7.25. The number of imidazole rings is 2. The van der Waals surface area contributed by atoms with E-state index in [-0.39, 0.29) is 12.0 Å². The molecule has 0 aromatic carbocycles. The van der Waals surface area contributed by atoms with Crippen LogP contribution in [-0.4, -0.2) is 80.1 Å². The molecule has 0 atom stereocenters. The summed E-state index contributed by atoms with van der Waals surface area (Å²) in [6, 6.07) is -0.161. The number of unbranched alkanes of at least 4 members (excludes halogenated alkanes) is 4. The molecule has 6 rings (SSSR count). The predicted molar refractivity (Wildman–Crippen MR) is 158 cm³/mol. The molecule has 0 saturated heterocycles. The predicted octanol–water partition coefficient (Wildman–Crippen LogP) is 4.33. The highest BCUT2D eigenvalue weighted by atomic mass is 35.5. The second kappa shape index (κ2) is 13.2. The summed E-state index contributed by atoms with van der Waals surface area (Å²) in [5.41, 5.74) is 3.24. The number of halogens is 2. The molecule has 16 nitrogen and oxygen atoms in total. The van der Waals surface area contributed by atoms with Gasteiger partial charge >= 0.3 is 0 Å². The van der Waals surface area contributed by atoms with Crippen molar-refractivity contribution < 1.29 is 10.2 Å². The van der Waals surface area contributed by atoms with E-state index in [0.717, 1.165) is 38.5 Å². The summed E-state index contributed by atoms with van der Waals surface area (Å²) in [5.74, 6) is 0.737. The molecule has 0 amide bonds. The van der Waals surface area contributed by atoms with Gasteiger partial charge in [0.1, 0.15) is 11.0 Å². The normalized spacial score (nSPS) is 11.4. The molecule has 6 aromatic rings. The zero-order valence-electron chi connectivity index (χ0n) is 23.8. The number of H-pyrrole nitrogens is 1. The Hall–Kier alpha value is -4.44. The molecule has 0 saturated carbocycles. The lowest BCUT2D eigenvalue weighted by Gasteiger charge is -2.08. The van der Waals surface area contributed by atoms with Gasteiger partial charge in [0, 0.05) is 25.5 Å². The van der Waals surface area contributed by atoms with Crippen LogP contribution in [0.15, 0.2) is 12.4 Å². The van der Waals surface area contributed by atoms with Crippen molar-refractivity contribution in [3.8, 4) is 34.8 Å². The summed E-state index contributed by atoms with van der Waals surface area (Å²) in [7, 11) is 1.68. The fourth-order valence-electron chi connectivity index (χ4n) is 4.66. The van der Waals surface area contributed by atoms with Crippen molar-refractivity contribution in [2.45, 2.75) is 65.5 Å². The Labute approximate surface area is 255 Å². The molecule has 18 heteroatoms. The fourth-order valence-corrected chi connectivity index (χ4v) is 5.11. The number of nitrogens with zero attached hydrogens (tertiary/aromatic N) is 13. The van der Waals surface area contributed by atoms with Gasteiger partial charge in [0.05, 0.1) is 28.2 Å². The van der Waals surface area contributed by atoms with Gasteiger partial charge in [-0.1, -0.05) is 62.7 Å². The first-order valence-corrected chi connectivity index (χ1v) is 14.5. The second-order valence-electron chi connectivity index (χ2n) is 9.69. The van der Waals surface area contributed by atoms with Crippen LogP contribution in [0.5, 0.6) is 12.0 Å². The monoisotopic (exact) mass is 628 g/mol. The molecule has 3 N–H and O–H groups in total. The summed E-state index contributed by atoms with van der Waals surface area (Å²) in [4.78, 5) is 17.8. The largest absolute Gasteiger partial charge is 0.480 e. The molecular formula is C25H30Cl2N14O2. The van der Waals surface area contributed by atoms with Crippen molar-refractivity contribution in [2.75, 3.05) is 0 Å². The Bertz CT molecular complexity index is 1830. The number of tetrazole rings is 2. The van der Waals surface area contributed by atoms with Gasteiger partial charge in [0.15, 0.2) is 11.3 Å². The van der Waals surface area contributed by atoms with Crippen LogP contribution in [0.3, 0.4) is 0 Å². The van der Waals surface area contributed by atoms with E-state index in [0.29, 0.717) is 68.2 Å². The number of fused-ring (bicyclic) bond motifs is 2. The molecule has 0 fully saturated rings. The number of aromatic nitrogens is 14. The van der Waals surface area contributed by atoms with Crippen molar-refractivity contribution >= 4 is 45.5 Å². The Morgan fingerprint density at radius 2 is 1.30 bits per heavy atom. The molecule has 0 spiro atoms. The maximum atomic E-state index is 10.1. The van der Waals surface area contributed by atoms with Crippen molar-refractivity contribution in [3.63, 3.8) is 0 Å². The number of pyridine rings is 2. The molecule has 6 heterocycles. The summed E-state index contributed by atoms with van der Waals surface area (Å²) < 4.78 is 3.39. The van der Waals surface area contributed by atoms with Gasteiger partial charge in [-0.05, 0) is 23.3 Å². The first kappa shape index (κ1) is 30.0. The third kappa shape index (κ3) is 6.19. The molecule has 0 aliphatic carbocycles. The quantitative estimate of drug-likeness (QED) is 0.181. The summed E-state index contributed by atoms with van der Waals surface area (Å²) in [6.45, 7) is 5.50. The van der Waals surface area contributed by atoms with E-state index < -0.39 is 0 Å². The van der Waals surface area contributed by atoms with Gasteiger partial charge in [-0.25, -0.2) is 9.97 Å². The molecule has 0 unspecified atom stereocenters. The minimum Gasteiger partial charge on any atom is -0.480 e. The Kier molecular flexibility index (Phi) is 9.25. The van der Waals surface area contributed by atoms with Gasteiger partial charge in [0.2, 0.25) is 11.6 Å². The molecule has 0 radical (unpaired) electrons. The molecule has 0 bridgehead atoms. The fraction of sp³-hybridized carbons (Fsp3) is 0.440. The standard InChI is InChI=1S/C13H16ClN7O.C12H14ClN7O/c1-3-4-5-6-21-10-9(11-17-19-20(2)18-11)8(14)7-15-12(10)16-13(21)22;1-2-3-4-5-20-9-8(10-16-18-19-17-10)7(13)6-14-11(9)15-12(20)21/h7H,3-6H2,1-2H3,(H,15,16,22);6H,2-5H2,1H3,(H,14,15,21)(H,16,17,18,19). The third-order valence-electron chi connectivity index (χ3n) is 6.68. The molecular weight excluding hydrogens is 599 g/mol. The van der Waals surface area contributed by atoms with Crippen molar-refractivity contribution in [3.05, 3.63) is 22.4 Å².